The molecule has 3 aromatic rings. The standard InChI is InChI=1S/C18H14ClN3O3S/c1-25-14-5-3-2-4-12(14)10-15(17(23)24)26-18-20-16(21-22-18)11-6-8-13(19)9-7-11/h2-10H,1H3,(H,23,24)(H,20,21,22)/p-1/b15-10-. The number of carbonyl (C=O) groups excluding carboxylic acids is 1. The van der Waals surface area contributed by atoms with E-state index in [1.165, 1.54) is 13.2 Å². The summed E-state index contributed by atoms with van der Waals surface area (Å²) in [6.07, 6.45) is 1.47. The molecule has 1 N–H and O–H groups in total. The fourth-order valence-corrected chi connectivity index (χ4v) is 3.00. The summed E-state index contributed by atoms with van der Waals surface area (Å²) < 4.78 is 5.23. The van der Waals surface area contributed by atoms with Gasteiger partial charge in [-0.05, 0) is 48.2 Å². The van der Waals surface area contributed by atoms with Gasteiger partial charge in [-0.15, -0.1) is 5.10 Å². The van der Waals surface area contributed by atoms with Gasteiger partial charge < -0.3 is 14.6 Å². The highest BCUT2D eigenvalue weighted by Gasteiger charge is 2.11. The summed E-state index contributed by atoms with van der Waals surface area (Å²) >= 11 is 6.76. The lowest BCUT2D eigenvalue weighted by atomic mass is 10.2. The lowest BCUT2D eigenvalue weighted by Crippen LogP contribution is -2.23. The van der Waals surface area contributed by atoms with Crippen LogP contribution in [0.5, 0.6) is 5.75 Å². The number of aromatic nitrogens is 3. The van der Waals surface area contributed by atoms with Crippen molar-refractivity contribution in [3.8, 4) is 17.1 Å². The monoisotopic (exact) mass is 386 g/mol. The summed E-state index contributed by atoms with van der Waals surface area (Å²) in [5.41, 5.74) is 1.41. The summed E-state index contributed by atoms with van der Waals surface area (Å²) in [5, 5.41) is 19.2. The van der Waals surface area contributed by atoms with Crippen LogP contribution in [0.2, 0.25) is 5.02 Å². The Hall–Kier alpha value is -2.77. The van der Waals surface area contributed by atoms with Crippen LogP contribution in [0, 0.1) is 0 Å². The quantitative estimate of drug-likeness (QED) is 0.517. The molecule has 8 heteroatoms. The topological polar surface area (TPSA) is 90.9 Å². The van der Waals surface area contributed by atoms with Crippen molar-refractivity contribution in [1.82, 2.24) is 15.2 Å². The molecule has 1 aromatic heterocycles. The molecule has 0 amide bonds. The van der Waals surface area contributed by atoms with E-state index in [1.54, 1.807) is 48.5 Å². The molecule has 3 rings (SSSR count). The minimum Gasteiger partial charge on any atom is -0.544 e. The largest absolute Gasteiger partial charge is 0.544 e. The fraction of sp³-hybridized carbons (Fsp3) is 0.0556. The Morgan fingerprint density at radius 1 is 1.23 bits per heavy atom. The molecule has 0 aliphatic rings. The van der Waals surface area contributed by atoms with E-state index in [0.29, 0.717) is 22.2 Å². The molecule has 0 spiro atoms. The minimum absolute atomic E-state index is 0.0313. The SMILES string of the molecule is COc1ccccc1/C=C(\Sc1n[nH]c(-c2ccc(Cl)cc2)n1)C(=O)[O-]. The second-order valence-corrected chi connectivity index (χ2v) is 6.56. The Morgan fingerprint density at radius 2 is 1.96 bits per heavy atom. The number of carboxylic acid groups (broad SMARTS) is 1. The highest BCUT2D eigenvalue weighted by atomic mass is 35.5. The van der Waals surface area contributed by atoms with Crippen LogP contribution in [0.15, 0.2) is 58.6 Å². The molecule has 0 aliphatic carbocycles. The summed E-state index contributed by atoms with van der Waals surface area (Å²) in [5.74, 6) is -0.249. The number of aromatic amines is 1. The number of H-pyrrole nitrogens is 1. The van der Waals surface area contributed by atoms with Crippen LogP contribution in [0.3, 0.4) is 0 Å². The number of ether oxygens (including phenoxy) is 1. The maximum absolute atomic E-state index is 11.5. The molecule has 132 valence electrons. The zero-order chi connectivity index (χ0) is 18.5. The Kier molecular flexibility index (Phi) is 5.60. The van der Waals surface area contributed by atoms with Crippen LogP contribution < -0.4 is 9.84 Å². The molecule has 0 aliphatic heterocycles. The molecular formula is C18H13ClN3O3S-. The van der Waals surface area contributed by atoms with Crippen molar-refractivity contribution in [2.75, 3.05) is 7.11 Å². The van der Waals surface area contributed by atoms with Gasteiger partial charge in [-0.25, -0.2) is 4.98 Å². The third-order valence-corrected chi connectivity index (χ3v) is 4.53. The first-order chi connectivity index (χ1) is 12.6. The zero-order valence-corrected chi connectivity index (χ0v) is 15.2. The van der Waals surface area contributed by atoms with Crippen LogP contribution >= 0.6 is 23.4 Å². The number of halogens is 1. The first kappa shape index (κ1) is 18.0. The average molecular weight is 387 g/mol. The van der Waals surface area contributed by atoms with Gasteiger partial charge in [0.1, 0.15) is 5.75 Å². The smallest absolute Gasteiger partial charge is 0.213 e. The first-order valence-corrected chi connectivity index (χ1v) is 8.68. The number of hydrogen-bond acceptors (Lipinski definition) is 6. The minimum atomic E-state index is -1.32. The van der Waals surface area contributed by atoms with Crippen molar-refractivity contribution in [3.63, 3.8) is 0 Å². The number of nitrogens with zero attached hydrogens (tertiary/aromatic N) is 2. The van der Waals surface area contributed by atoms with E-state index in [0.717, 1.165) is 17.3 Å². The lowest BCUT2D eigenvalue weighted by molar-refractivity contribution is -0.297. The van der Waals surface area contributed by atoms with Crippen molar-refractivity contribution in [2.45, 2.75) is 5.16 Å². The normalized spacial score (nSPS) is 11.4. The summed E-state index contributed by atoms with van der Waals surface area (Å²) in [7, 11) is 1.52. The fourth-order valence-electron chi connectivity index (χ4n) is 2.18. The molecule has 0 saturated heterocycles. The van der Waals surface area contributed by atoms with Crippen LogP contribution in [0.25, 0.3) is 17.5 Å². The van der Waals surface area contributed by atoms with E-state index in [1.807, 2.05) is 0 Å². The molecule has 0 atom stereocenters. The third-order valence-electron chi connectivity index (χ3n) is 3.41. The van der Waals surface area contributed by atoms with Crippen LogP contribution in [0.4, 0.5) is 0 Å². The van der Waals surface area contributed by atoms with Gasteiger partial charge >= 0.3 is 0 Å². The van der Waals surface area contributed by atoms with Gasteiger partial charge in [0.15, 0.2) is 5.82 Å². The third kappa shape index (κ3) is 4.25. The summed E-state index contributed by atoms with van der Waals surface area (Å²) in [6, 6.07) is 14.1. The van der Waals surface area contributed by atoms with E-state index in [-0.39, 0.29) is 10.1 Å². The number of benzene rings is 2. The highest BCUT2D eigenvalue weighted by molar-refractivity contribution is 8.04. The van der Waals surface area contributed by atoms with Gasteiger partial charge in [-0.1, -0.05) is 29.8 Å². The Bertz CT molecular complexity index is 954. The Labute approximate surface area is 158 Å². The molecule has 0 radical (unpaired) electrons. The van der Waals surface area contributed by atoms with Gasteiger partial charge in [-0.3, -0.25) is 5.10 Å². The van der Waals surface area contributed by atoms with Crippen molar-refractivity contribution in [1.29, 1.82) is 0 Å². The maximum atomic E-state index is 11.5. The van der Waals surface area contributed by atoms with Crippen LogP contribution in [-0.4, -0.2) is 28.3 Å². The van der Waals surface area contributed by atoms with Gasteiger partial charge in [0, 0.05) is 21.1 Å². The molecular weight excluding hydrogens is 374 g/mol. The molecule has 0 saturated carbocycles. The molecule has 0 bridgehead atoms. The van der Waals surface area contributed by atoms with E-state index in [9.17, 15) is 9.90 Å². The van der Waals surface area contributed by atoms with Crippen molar-refractivity contribution >= 4 is 35.4 Å². The highest BCUT2D eigenvalue weighted by Crippen LogP contribution is 2.29. The summed E-state index contributed by atoms with van der Waals surface area (Å²) in [4.78, 5) is 15.8. The number of aliphatic carboxylic acids is 1. The zero-order valence-electron chi connectivity index (χ0n) is 13.6. The van der Waals surface area contributed by atoms with E-state index >= 15 is 0 Å². The number of methoxy groups -OCH3 is 1. The number of hydrogen-bond donors (Lipinski definition) is 1. The number of nitrogens with one attached hydrogen (secondary N) is 1. The molecule has 1 heterocycles. The van der Waals surface area contributed by atoms with Gasteiger partial charge in [0.25, 0.3) is 0 Å². The van der Waals surface area contributed by atoms with Gasteiger partial charge in [0.2, 0.25) is 5.16 Å². The lowest BCUT2D eigenvalue weighted by Gasteiger charge is -2.08. The molecule has 26 heavy (non-hydrogen) atoms. The number of carboxylic acids is 1. The Balaban J connectivity index is 1.86. The number of thioether (sulfide) groups is 1. The molecule has 0 fully saturated rings. The second kappa shape index (κ2) is 8.07. The van der Waals surface area contributed by atoms with Crippen molar-refractivity contribution < 1.29 is 14.6 Å². The van der Waals surface area contributed by atoms with Crippen LogP contribution in [0.1, 0.15) is 5.56 Å². The van der Waals surface area contributed by atoms with Crippen molar-refractivity contribution in [3.05, 3.63) is 64.0 Å². The predicted molar refractivity (Wildman–Crippen MR) is 98.7 cm³/mol. The van der Waals surface area contributed by atoms with E-state index in [4.69, 9.17) is 16.3 Å². The summed E-state index contributed by atoms with van der Waals surface area (Å²) in [6.45, 7) is 0. The first-order valence-electron chi connectivity index (χ1n) is 7.49. The Morgan fingerprint density at radius 3 is 2.65 bits per heavy atom. The molecule has 6 nitrogen and oxygen atoms in total. The van der Waals surface area contributed by atoms with E-state index < -0.39 is 5.97 Å². The van der Waals surface area contributed by atoms with Gasteiger partial charge in [0.05, 0.1) is 13.1 Å². The number of carbonyl (C=O) groups is 1. The predicted octanol–water partition coefficient (Wildman–Crippen LogP) is 3.02. The van der Waals surface area contributed by atoms with Crippen molar-refractivity contribution in [2.24, 2.45) is 0 Å². The van der Waals surface area contributed by atoms with Crippen LogP contribution in [-0.2, 0) is 4.79 Å². The maximum Gasteiger partial charge on any atom is 0.213 e. The van der Waals surface area contributed by atoms with E-state index in [2.05, 4.69) is 15.2 Å². The molecule has 2 aromatic carbocycles. The average Bonchev–Trinajstić information content (AvgIpc) is 3.10. The van der Waals surface area contributed by atoms with Gasteiger partial charge in [-0.2, -0.15) is 0 Å². The second-order valence-electron chi connectivity index (χ2n) is 5.11. The number of rotatable bonds is 6. The molecule has 0 unspecified atom stereocenters. The number of para-hydroxylation sites is 1.